The SMILES string of the molecule is O=C1NCCc2c(NCc3ccncc3)nc(-c3ccccc3)nc21. The Morgan fingerprint density at radius 3 is 2.64 bits per heavy atom. The quantitative estimate of drug-likeness (QED) is 0.767. The van der Waals surface area contributed by atoms with Gasteiger partial charge in [-0.2, -0.15) is 0 Å². The monoisotopic (exact) mass is 331 g/mol. The summed E-state index contributed by atoms with van der Waals surface area (Å²) in [5.41, 5.74) is 3.31. The highest BCUT2D eigenvalue weighted by Crippen LogP contribution is 2.25. The van der Waals surface area contributed by atoms with Crippen molar-refractivity contribution < 1.29 is 4.79 Å². The molecule has 2 N–H and O–H groups in total. The molecule has 2 aromatic heterocycles. The van der Waals surface area contributed by atoms with Crippen LogP contribution in [0.25, 0.3) is 11.4 Å². The number of hydrogen-bond donors (Lipinski definition) is 2. The normalized spacial score (nSPS) is 13.0. The molecule has 1 aliphatic heterocycles. The number of nitrogens with one attached hydrogen (secondary N) is 2. The van der Waals surface area contributed by atoms with E-state index in [-0.39, 0.29) is 5.91 Å². The van der Waals surface area contributed by atoms with Gasteiger partial charge in [-0.3, -0.25) is 9.78 Å². The molecule has 6 nitrogen and oxygen atoms in total. The molecule has 0 saturated carbocycles. The molecule has 0 spiro atoms. The first-order valence-corrected chi connectivity index (χ1v) is 8.18. The van der Waals surface area contributed by atoms with Crippen LogP contribution in [0.4, 0.5) is 5.82 Å². The highest BCUT2D eigenvalue weighted by molar-refractivity contribution is 5.96. The second-order valence-electron chi connectivity index (χ2n) is 5.80. The Morgan fingerprint density at radius 1 is 1.04 bits per heavy atom. The molecule has 4 rings (SSSR count). The van der Waals surface area contributed by atoms with Crippen LogP contribution in [0.3, 0.4) is 0 Å². The van der Waals surface area contributed by atoms with Gasteiger partial charge < -0.3 is 10.6 Å². The molecule has 0 bridgehead atoms. The van der Waals surface area contributed by atoms with Gasteiger partial charge in [0, 0.05) is 36.6 Å². The van der Waals surface area contributed by atoms with Gasteiger partial charge in [-0.1, -0.05) is 30.3 Å². The van der Waals surface area contributed by atoms with Crippen LogP contribution >= 0.6 is 0 Å². The van der Waals surface area contributed by atoms with Gasteiger partial charge >= 0.3 is 0 Å². The van der Waals surface area contributed by atoms with Gasteiger partial charge in [0.1, 0.15) is 11.5 Å². The summed E-state index contributed by atoms with van der Waals surface area (Å²) >= 11 is 0. The number of carbonyl (C=O) groups excluding carboxylic acids is 1. The highest BCUT2D eigenvalue weighted by atomic mass is 16.1. The molecular formula is C19H17N5O. The van der Waals surface area contributed by atoms with Crippen molar-refractivity contribution in [2.24, 2.45) is 0 Å². The van der Waals surface area contributed by atoms with Crippen molar-refractivity contribution in [1.29, 1.82) is 0 Å². The Hall–Kier alpha value is -3.28. The number of hydrogen-bond acceptors (Lipinski definition) is 5. The average Bonchev–Trinajstić information content (AvgIpc) is 2.68. The molecule has 0 saturated heterocycles. The number of pyridine rings is 1. The van der Waals surface area contributed by atoms with Crippen LogP contribution in [0, 0.1) is 0 Å². The molecule has 0 aliphatic carbocycles. The Bertz CT molecular complexity index is 896. The van der Waals surface area contributed by atoms with E-state index in [9.17, 15) is 4.79 Å². The molecule has 6 heteroatoms. The molecule has 1 aromatic carbocycles. The maximum atomic E-state index is 12.3. The number of aromatic nitrogens is 3. The molecule has 1 amide bonds. The smallest absolute Gasteiger partial charge is 0.270 e. The number of anilines is 1. The lowest BCUT2D eigenvalue weighted by atomic mass is 10.1. The number of benzene rings is 1. The van der Waals surface area contributed by atoms with Gasteiger partial charge in [0.2, 0.25) is 0 Å². The minimum atomic E-state index is -0.146. The van der Waals surface area contributed by atoms with E-state index in [4.69, 9.17) is 0 Å². The molecule has 124 valence electrons. The average molecular weight is 331 g/mol. The fourth-order valence-electron chi connectivity index (χ4n) is 2.84. The van der Waals surface area contributed by atoms with Crippen molar-refractivity contribution in [1.82, 2.24) is 20.3 Å². The number of nitrogens with zero attached hydrogens (tertiary/aromatic N) is 3. The van der Waals surface area contributed by atoms with E-state index in [0.29, 0.717) is 24.6 Å². The number of amides is 1. The number of fused-ring (bicyclic) bond motifs is 1. The fraction of sp³-hybridized carbons (Fsp3) is 0.158. The maximum Gasteiger partial charge on any atom is 0.270 e. The van der Waals surface area contributed by atoms with E-state index in [1.165, 1.54) is 0 Å². The topological polar surface area (TPSA) is 79.8 Å². The summed E-state index contributed by atoms with van der Waals surface area (Å²) in [6, 6.07) is 13.6. The zero-order valence-corrected chi connectivity index (χ0v) is 13.6. The lowest BCUT2D eigenvalue weighted by molar-refractivity contribution is 0.0940. The van der Waals surface area contributed by atoms with Crippen LogP contribution in [-0.4, -0.2) is 27.4 Å². The van der Waals surface area contributed by atoms with E-state index in [0.717, 1.165) is 28.9 Å². The molecule has 0 unspecified atom stereocenters. The van der Waals surface area contributed by atoms with Gasteiger partial charge in [-0.25, -0.2) is 9.97 Å². The van der Waals surface area contributed by atoms with Crippen LogP contribution in [-0.2, 0) is 13.0 Å². The van der Waals surface area contributed by atoms with Crippen molar-refractivity contribution in [3.63, 3.8) is 0 Å². The molecule has 25 heavy (non-hydrogen) atoms. The summed E-state index contributed by atoms with van der Waals surface area (Å²) in [5.74, 6) is 1.12. The Balaban J connectivity index is 1.73. The van der Waals surface area contributed by atoms with E-state index in [1.807, 2.05) is 42.5 Å². The summed E-state index contributed by atoms with van der Waals surface area (Å²) in [7, 11) is 0. The second-order valence-corrected chi connectivity index (χ2v) is 5.80. The molecular weight excluding hydrogens is 314 g/mol. The zero-order chi connectivity index (χ0) is 17.1. The lowest BCUT2D eigenvalue weighted by Crippen LogP contribution is -2.34. The van der Waals surface area contributed by atoms with Crippen LogP contribution < -0.4 is 10.6 Å². The Labute approximate surface area is 145 Å². The number of carbonyl (C=O) groups is 1. The van der Waals surface area contributed by atoms with Crippen LogP contribution in [0.2, 0.25) is 0 Å². The Morgan fingerprint density at radius 2 is 1.84 bits per heavy atom. The third kappa shape index (κ3) is 3.19. The minimum absolute atomic E-state index is 0.146. The van der Waals surface area contributed by atoms with Gasteiger partial charge in [-0.05, 0) is 24.1 Å². The zero-order valence-electron chi connectivity index (χ0n) is 13.6. The highest BCUT2D eigenvalue weighted by Gasteiger charge is 2.24. The first-order valence-electron chi connectivity index (χ1n) is 8.18. The van der Waals surface area contributed by atoms with E-state index in [2.05, 4.69) is 25.6 Å². The van der Waals surface area contributed by atoms with Crippen molar-refractivity contribution in [3.05, 3.63) is 71.7 Å². The molecule has 0 radical (unpaired) electrons. The minimum Gasteiger partial charge on any atom is -0.366 e. The third-order valence-corrected chi connectivity index (χ3v) is 4.12. The lowest BCUT2D eigenvalue weighted by Gasteiger charge is -2.20. The second kappa shape index (κ2) is 6.68. The molecule has 3 aromatic rings. The summed E-state index contributed by atoms with van der Waals surface area (Å²) < 4.78 is 0. The van der Waals surface area contributed by atoms with Gasteiger partial charge in [-0.15, -0.1) is 0 Å². The van der Waals surface area contributed by atoms with Gasteiger partial charge in [0.25, 0.3) is 5.91 Å². The van der Waals surface area contributed by atoms with Crippen LogP contribution in [0.1, 0.15) is 21.6 Å². The summed E-state index contributed by atoms with van der Waals surface area (Å²) in [4.78, 5) is 25.5. The summed E-state index contributed by atoms with van der Waals surface area (Å²) in [6.07, 6.45) is 4.24. The number of rotatable bonds is 4. The summed E-state index contributed by atoms with van der Waals surface area (Å²) in [6.45, 7) is 1.21. The van der Waals surface area contributed by atoms with Crippen LogP contribution in [0.5, 0.6) is 0 Å². The molecule has 0 fully saturated rings. The standard InChI is InChI=1S/C19H17N5O/c25-19-16-15(8-11-21-19)18(22-12-13-6-9-20-10-7-13)24-17(23-16)14-4-2-1-3-5-14/h1-7,9-10H,8,11-12H2,(H,21,25)(H,22,23,24). The van der Waals surface area contributed by atoms with Crippen molar-refractivity contribution in [3.8, 4) is 11.4 Å². The fourth-order valence-corrected chi connectivity index (χ4v) is 2.84. The van der Waals surface area contributed by atoms with E-state index >= 15 is 0 Å². The Kier molecular flexibility index (Phi) is 4.08. The first-order chi connectivity index (χ1) is 12.3. The molecule has 3 heterocycles. The third-order valence-electron chi connectivity index (χ3n) is 4.12. The van der Waals surface area contributed by atoms with Crippen molar-refractivity contribution >= 4 is 11.7 Å². The molecule has 1 aliphatic rings. The summed E-state index contributed by atoms with van der Waals surface area (Å²) in [5, 5.41) is 6.21. The largest absolute Gasteiger partial charge is 0.366 e. The predicted molar refractivity (Wildman–Crippen MR) is 95.1 cm³/mol. The van der Waals surface area contributed by atoms with Crippen LogP contribution in [0.15, 0.2) is 54.9 Å². The van der Waals surface area contributed by atoms with Gasteiger partial charge in [0.15, 0.2) is 5.82 Å². The first kappa shape index (κ1) is 15.3. The van der Waals surface area contributed by atoms with E-state index in [1.54, 1.807) is 12.4 Å². The van der Waals surface area contributed by atoms with Gasteiger partial charge in [0.05, 0.1) is 0 Å². The predicted octanol–water partition coefficient (Wildman–Crippen LogP) is 2.44. The van der Waals surface area contributed by atoms with Crippen molar-refractivity contribution in [2.75, 3.05) is 11.9 Å². The van der Waals surface area contributed by atoms with Crippen molar-refractivity contribution in [2.45, 2.75) is 13.0 Å². The molecule has 0 atom stereocenters. The van der Waals surface area contributed by atoms with E-state index < -0.39 is 0 Å². The maximum absolute atomic E-state index is 12.3.